The zero-order valence-corrected chi connectivity index (χ0v) is 6.86. The average molecular weight is 155 g/mol. The van der Waals surface area contributed by atoms with Crippen LogP contribution in [0.3, 0.4) is 0 Å². The first-order valence-corrected chi connectivity index (χ1v) is 3.78. The van der Waals surface area contributed by atoms with Gasteiger partial charge in [-0.2, -0.15) is 0 Å². The predicted molar refractivity (Wildman–Crippen MR) is 40.9 cm³/mol. The Morgan fingerprint density at radius 2 is 2.45 bits per heavy atom. The maximum Gasteiger partial charge on any atom is 0.111 e. The van der Waals surface area contributed by atoms with E-state index in [-0.39, 0.29) is 0 Å². The summed E-state index contributed by atoms with van der Waals surface area (Å²) in [6, 6.07) is 0. The summed E-state index contributed by atoms with van der Waals surface area (Å²) < 4.78 is 1.59. The van der Waals surface area contributed by atoms with Crippen LogP contribution in [0.1, 0.15) is 31.6 Å². The third-order valence-electron chi connectivity index (χ3n) is 1.52. The van der Waals surface area contributed by atoms with E-state index in [1.54, 1.807) is 17.9 Å². The fraction of sp³-hybridized carbons (Fsp3) is 0.714. The quantitative estimate of drug-likeness (QED) is 0.697. The molecule has 1 atom stereocenters. The van der Waals surface area contributed by atoms with Gasteiger partial charge in [0.25, 0.3) is 0 Å². The number of aromatic nitrogens is 3. The highest BCUT2D eigenvalue weighted by molar-refractivity contribution is 4.96. The van der Waals surface area contributed by atoms with Gasteiger partial charge in [0.2, 0.25) is 0 Å². The highest BCUT2D eigenvalue weighted by Crippen LogP contribution is 2.13. The highest BCUT2D eigenvalue weighted by atomic mass is 16.3. The molecule has 1 heterocycles. The molecule has 1 rings (SSSR count). The lowest BCUT2D eigenvalue weighted by molar-refractivity contribution is 0.161. The molecule has 0 bridgehead atoms. The molecule has 0 aliphatic heterocycles. The summed E-state index contributed by atoms with van der Waals surface area (Å²) in [6.07, 6.45) is 2.99. The third-order valence-corrected chi connectivity index (χ3v) is 1.52. The second-order valence-corrected chi connectivity index (χ2v) is 2.62. The molecule has 4 nitrogen and oxygen atoms in total. The largest absolute Gasteiger partial charge is 0.387 e. The molecule has 1 N–H and O–H groups in total. The Kier molecular flexibility index (Phi) is 2.59. The highest BCUT2D eigenvalue weighted by Gasteiger charge is 2.08. The van der Waals surface area contributed by atoms with Gasteiger partial charge >= 0.3 is 0 Å². The number of aliphatic hydroxyl groups is 1. The zero-order chi connectivity index (χ0) is 8.27. The van der Waals surface area contributed by atoms with Crippen LogP contribution in [-0.2, 0) is 7.05 Å². The van der Waals surface area contributed by atoms with Crippen molar-refractivity contribution in [2.75, 3.05) is 0 Å². The molecule has 4 heteroatoms. The minimum Gasteiger partial charge on any atom is -0.387 e. The fourth-order valence-electron chi connectivity index (χ4n) is 0.939. The lowest BCUT2D eigenvalue weighted by Crippen LogP contribution is -1.96. The van der Waals surface area contributed by atoms with Gasteiger partial charge < -0.3 is 5.11 Å². The van der Waals surface area contributed by atoms with Crippen molar-refractivity contribution in [3.8, 4) is 0 Å². The molecular formula is C7H13N3O. The molecule has 0 spiro atoms. The van der Waals surface area contributed by atoms with Crippen molar-refractivity contribution in [3.63, 3.8) is 0 Å². The van der Waals surface area contributed by atoms with Gasteiger partial charge in [-0.05, 0) is 6.42 Å². The molecule has 0 aliphatic carbocycles. The zero-order valence-electron chi connectivity index (χ0n) is 6.86. The Hall–Kier alpha value is -0.900. The minimum absolute atomic E-state index is 0.450. The van der Waals surface area contributed by atoms with Crippen LogP contribution in [-0.4, -0.2) is 20.1 Å². The van der Waals surface area contributed by atoms with Crippen LogP contribution in [0.4, 0.5) is 0 Å². The Morgan fingerprint density at radius 1 is 1.73 bits per heavy atom. The van der Waals surface area contributed by atoms with Gasteiger partial charge in [-0.25, -0.2) is 0 Å². The standard InChI is InChI=1S/C7H13N3O/c1-3-4-7(11)6-5-10(2)9-8-6/h5,7,11H,3-4H2,1-2H3. The van der Waals surface area contributed by atoms with E-state index in [0.29, 0.717) is 5.69 Å². The van der Waals surface area contributed by atoms with Crippen LogP contribution in [0.2, 0.25) is 0 Å². The van der Waals surface area contributed by atoms with Gasteiger partial charge in [0.1, 0.15) is 5.69 Å². The Bertz CT molecular complexity index is 221. The van der Waals surface area contributed by atoms with Gasteiger partial charge in [-0.3, -0.25) is 4.68 Å². The summed E-state index contributed by atoms with van der Waals surface area (Å²) in [6.45, 7) is 2.03. The van der Waals surface area contributed by atoms with Crippen molar-refractivity contribution >= 4 is 0 Å². The Balaban J connectivity index is 2.60. The van der Waals surface area contributed by atoms with Gasteiger partial charge in [-0.15, -0.1) is 5.10 Å². The predicted octanol–water partition coefficient (Wildman–Crippen LogP) is 0.649. The molecule has 0 aromatic carbocycles. The molecule has 0 fully saturated rings. The van der Waals surface area contributed by atoms with Crippen LogP contribution in [0.25, 0.3) is 0 Å². The van der Waals surface area contributed by atoms with Crippen molar-refractivity contribution in [2.45, 2.75) is 25.9 Å². The van der Waals surface area contributed by atoms with Gasteiger partial charge in [-0.1, -0.05) is 18.6 Å². The molecule has 1 aromatic heterocycles. The molecule has 0 amide bonds. The fourth-order valence-corrected chi connectivity index (χ4v) is 0.939. The number of hydrogen-bond acceptors (Lipinski definition) is 3. The molecule has 0 saturated carbocycles. The van der Waals surface area contributed by atoms with E-state index in [1.807, 2.05) is 6.92 Å². The SMILES string of the molecule is CCCC(O)c1cn(C)nn1. The van der Waals surface area contributed by atoms with Crippen molar-refractivity contribution in [1.82, 2.24) is 15.0 Å². The number of rotatable bonds is 3. The summed E-state index contributed by atoms with van der Waals surface area (Å²) in [4.78, 5) is 0. The topological polar surface area (TPSA) is 50.9 Å². The molecular weight excluding hydrogens is 142 g/mol. The van der Waals surface area contributed by atoms with Crippen LogP contribution in [0.15, 0.2) is 6.20 Å². The Labute approximate surface area is 65.8 Å². The molecule has 11 heavy (non-hydrogen) atoms. The Morgan fingerprint density at radius 3 is 2.91 bits per heavy atom. The first-order valence-electron chi connectivity index (χ1n) is 3.78. The average Bonchev–Trinajstić information content (AvgIpc) is 2.36. The van der Waals surface area contributed by atoms with Crippen molar-refractivity contribution in [1.29, 1.82) is 0 Å². The lowest BCUT2D eigenvalue weighted by Gasteiger charge is -2.02. The van der Waals surface area contributed by atoms with Crippen LogP contribution in [0.5, 0.6) is 0 Å². The van der Waals surface area contributed by atoms with Crippen molar-refractivity contribution < 1.29 is 5.11 Å². The smallest absolute Gasteiger partial charge is 0.111 e. The second kappa shape index (κ2) is 3.48. The van der Waals surface area contributed by atoms with Gasteiger partial charge in [0.15, 0.2) is 0 Å². The van der Waals surface area contributed by atoms with Gasteiger partial charge in [0, 0.05) is 7.05 Å². The van der Waals surface area contributed by atoms with E-state index in [4.69, 9.17) is 0 Å². The summed E-state index contributed by atoms with van der Waals surface area (Å²) in [5.41, 5.74) is 0.661. The molecule has 0 saturated heterocycles. The molecule has 0 aliphatic rings. The summed E-state index contributed by atoms with van der Waals surface area (Å²) in [5, 5.41) is 16.9. The number of aryl methyl sites for hydroxylation is 1. The summed E-state index contributed by atoms with van der Waals surface area (Å²) in [5.74, 6) is 0. The van der Waals surface area contributed by atoms with Crippen LogP contribution >= 0.6 is 0 Å². The lowest BCUT2D eigenvalue weighted by atomic mass is 10.2. The first-order chi connectivity index (χ1) is 5.24. The van der Waals surface area contributed by atoms with E-state index < -0.39 is 6.10 Å². The third kappa shape index (κ3) is 2.01. The van der Waals surface area contributed by atoms with E-state index in [1.165, 1.54) is 0 Å². The van der Waals surface area contributed by atoms with E-state index in [0.717, 1.165) is 12.8 Å². The molecule has 1 unspecified atom stereocenters. The molecule has 62 valence electrons. The van der Waals surface area contributed by atoms with E-state index in [2.05, 4.69) is 10.3 Å². The maximum absolute atomic E-state index is 9.42. The first kappa shape index (κ1) is 8.20. The van der Waals surface area contributed by atoms with Gasteiger partial charge in [0.05, 0.1) is 12.3 Å². The van der Waals surface area contributed by atoms with E-state index >= 15 is 0 Å². The summed E-state index contributed by atoms with van der Waals surface area (Å²) in [7, 11) is 1.79. The number of nitrogens with zero attached hydrogens (tertiary/aromatic N) is 3. The monoisotopic (exact) mass is 155 g/mol. The molecule has 0 radical (unpaired) electrons. The summed E-state index contributed by atoms with van der Waals surface area (Å²) >= 11 is 0. The number of aliphatic hydroxyl groups excluding tert-OH is 1. The van der Waals surface area contributed by atoms with E-state index in [9.17, 15) is 5.11 Å². The van der Waals surface area contributed by atoms with Crippen LogP contribution < -0.4 is 0 Å². The number of hydrogen-bond donors (Lipinski definition) is 1. The second-order valence-electron chi connectivity index (χ2n) is 2.62. The maximum atomic E-state index is 9.42. The van der Waals surface area contributed by atoms with Crippen molar-refractivity contribution in [3.05, 3.63) is 11.9 Å². The van der Waals surface area contributed by atoms with Crippen molar-refractivity contribution in [2.24, 2.45) is 7.05 Å². The van der Waals surface area contributed by atoms with Crippen LogP contribution in [0, 0.1) is 0 Å². The normalized spacial score (nSPS) is 13.4. The minimum atomic E-state index is -0.450. The molecule has 1 aromatic rings.